The van der Waals surface area contributed by atoms with Crippen molar-refractivity contribution in [2.45, 2.75) is 6.54 Å². The van der Waals surface area contributed by atoms with Gasteiger partial charge < -0.3 is 5.73 Å². The van der Waals surface area contributed by atoms with Crippen molar-refractivity contribution in [1.82, 2.24) is 9.97 Å². The number of nitrogens with two attached hydrogens (primary N) is 1. The van der Waals surface area contributed by atoms with Crippen LogP contribution in [0.3, 0.4) is 0 Å². The third kappa shape index (κ3) is 2.54. The van der Waals surface area contributed by atoms with Crippen LogP contribution in [0.15, 0.2) is 54.2 Å². The van der Waals surface area contributed by atoms with E-state index in [1.807, 2.05) is 24.3 Å². The Balaban J connectivity index is 1.92. The van der Waals surface area contributed by atoms with Gasteiger partial charge in [0.25, 0.3) is 0 Å². The molecule has 3 aromatic rings. The molecule has 0 saturated carbocycles. The van der Waals surface area contributed by atoms with Crippen molar-refractivity contribution in [3.8, 4) is 21.8 Å². The number of hydrogen-bond acceptors (Lipinski definition) is 4. The number of pyridine rings is 1. The van der Waals surface area contributed by atoms with E-state index in [0.717, 1.165) is 27.4 Å². The standard InChI is InChI=1S/C15H13N3S/c16-9-11-1-3-12(4-2-11)14-10-19-15(18-14)13-5-7-17-8-6-13/h1-8,10H,9,16H2. The quantitative estimate of drug-likeness (QED) is 0.792. The molecule has 0 unspecified atom stereocenters. The fraction of sp³-hybridized carbons (Fsp3) is 0.0667. The third-order valence-corrected chi connectivity index (χ3v) is 3.81. The summed E-state index contributed by atoms with van der Waals surface area (Å²) in [5.74, 6) is 0. The molecule has 2 aromatic heterocycles. The first-order valence-electron chi connectivity index (χ1n) is 6.02. The smallest absolute Gasteiger partial charge is 0.124 e. The van der Waals surface area contributed by atoms with Crippen LogP contribution in [0.1, 0.15) is 5.56 Å². The molecule has 1 aromatic carbocycles. The number of benzene rings is 1. The zero-order chi connectivity index (χ0) is 13.1. The van der Waals surface area contributed by atoms with Crippen molar-refractivity contribution in [3.05, 3.63) is 59.7 Å². The first-order chi connectivity index (χ1) is 9.36. The summed E-state index contributed by atoms with van der Waals surface area (Å²) in [4.78, 5) is 8.69. The van der Waals surface area contributed by atoms with Crippen LogP contribution in [0.4, 0.5) is 0 Å². The lowest BCUT2D eigenvalue weighted by Gasteiger charge is -1.99. The molecule has 0 radical (unpaired) electrons. The minimum absolute atomic E-state index is 0.569. The van der Waals surface area contributed by atoms with Crippen molar-refractivity contribution < 1.29 is 0 Å². The second-order valence-corrected chi connectivity index (χ2v) is 5.03. The summed E-state index contributed by atoms with van der Waals surface area (Å²) in [6.45, 7) is 0.569. The topological polar surface area (TPSA) is 51.8 Å². The minimum atomic E-state index is 0.569. The Morgan fingerprint density at radius 1 is 0.947 bits per heavy atom. The van der Waals surface area contributed by atoms with Gasteiger partial charge in [0.15, 0.2) is 0 Å². The highest BCUT2D eigenvalue weighted by atomic mass is 32.1. The molecule has 0 saturated heterocycles. The van der Waals surface area contributed by atoms with E-state index >= 15 is 0 Å². The normalized spacial score (nSPS) is 10.6. The largest absolute Gasteiger partial charge is 0.326 e. The number of nitrogens with zero attached hydrogens (tertiary/aromatic N) is 2. The molecular formula is C15H13N3S. The maximum atomic E-state index is 5.60. The molecule has 0 spiro atoms. The molecule has 0 aliphatic rings. The lowest BCUT2D eigenvalue weighted by molar-refractivity contribution is 1.07. The van der Waals surface area contributed by atoms with E-state index < -0.39 is 0 Å². The Morgan fingerprint density at radius 2 is 1.68 bits per heavy atom. The summed E-state index contributed by atoms with van der Waals surface area (Å²) in [6, 6.07) is 12.2. The Labute approximate surface area is 115 Å². The number of hydrogen-bond donors (Lipinski definition) is 1. The summed E-state index contributed by atoms with van der Waals surface area (Å²) in [5.41, 5.74) is 9.95. The molecule has 0 bridgehead atoms. The fourth-order valence-electron chi connectivity index (χ4n) is 1.84. The minimum Gasteiger partial charge on any atom is -0.326 e. The molecule has 0 aliphatic carbocycles. The first kappa shape index (κ1) is 12.0. The van der Waals surface area contributed by atoms with Crippen molar-refractivity contribution in [3.63, 3.8) is 0 Å². The van der Waals surface area contributed by atoms with E-state index in [4.69, 9.17) is 5.73 Å². The summed E-state index contributed by atoms with van der Waals surface area (Å²) >= 11 is 1.64. The van der Waals surface area contributed by atoms with E-state index in [1.54, 1.807) is 23.7 Å². The lowest BCUT2D eigenvalue weighted by Crippen LogP contribution is -1.95. The van der Waals surface area contributed by atoms with Crippen LogP contribution in [-0.4, -0.2) is 9.97 Å². The Hall–Kier alpha value is -2.04. The maximum absolute atomic E-state index is 5.60. The monoisotopic (exact) mass is 267 g/mol. The third-order valence-electron chi connectivity index (χ3n) is 2.92. The van der Waals surface area contributed by atoms with Gasteiger partial charge >= 0.3 is 0 Å². The molecule has 3 nitrogen and oxygen atoms in total. The molecule has 2 N–H and O–H groups in total. The van der Waals surface area contributed by atoms with Gasteiger partial charge in [-0.05, 0) is 17.7 Å². The van der Waals surface area contributed by atoms with Gasteiger partial charge in [0.2, 0.25) is 0 Å². The van der Waals surface area contributed by atoms with E-state index in [0.29, 0.717) is 6.54 Å². The van der Waals surface area contributed by atoms with E-state index in [1.165, 1.54) is 0 Å². The highest BCUT2D eigenvalue weighted by Crippen LogP contribution is 2.28. The SMILES string of the molecule is NCc1ccc(-c2csc(-c3ccncc3)n2)cc1. The van der Waals surface area contributed by atoms with E-state index in [-0.39, 0.29) is 0 Å². The number of rotatable bonds is 3. The predicted octanol–water partition coefficient (Wildman–Crippen LogP) is 3.33. The summed E-state index contributed by atoms with van der Waals surface area (Å²) in [7, 11) is 0. The zero-order valence-electron chi connectivity index (χ0n) is 10.3. The second-order valence-electron chi connectivity index (χ2n) is 4.17. The van der Waals surface area contributed by atoms with E-state index in [2.05, 4.69) is 27.5 Å². The van der Waals surface area contributed by atoms with Gasteiger partial charge in [0.1, 0.15) is 5.01 Å². The van der Waals surface area contributed by atoms with Crippen molar-refractivity contribution >= 4 is 11.3 Å². The van der Waals surface area contributed by atoms with Crippen LogP contribution in [0.2, 0.25) is 0 Å². The van der Waals surface area contributed by atoms with Crippen LogP contribution in [0, 0.1) is 0 Å². The molecule has 0 aliphatic heterocycles. The van der Waals surface area contributed by atoms with Crippen molar-refractivity contribution in [2.75, 3.05) is 0 Å². The Bertz CT molecular complexity index is 659. The molecular weight excluding hydrogens is 254 g/mol. The van der Waals surface area contributed by atoms with Gasteiger partial charge in [-0.15, -0.1) is 11.3 Å². The highest BCUT2D eigenvalue weighted by molar-refractivity contribution is 7.13. The molecule has 94 valence electrons. The van der Waals surface area contributed by atoms with Crippen LogP contribution < -0.4 is 5.73 Å². The zero-order valence-corrected chi connectivity index (χ0v) is 11.1. The first-order valence-corrected chi connectivity index (χ1v) is 6.90. The fourth-order valence-corrected chi connectivity index (χ4v) is 2.68. The van der Waals surface area contributed by atoms with E-state index in [9.17, 15) is 0 Å². The maximum Gasteiger partial charge on any atom is 0.124 e. The van der Waals surface area contributed by atoms with Crippen LogP contribution in [0.25, 0.3) is 21.8 Å². The molecule has 3 rings (SSSR count). The molecule has 0 fully saturated rings. The van der Waals surface area contributed by atoms with Gasteiger partial charge in [-0.25, -0.2) is 4.98 Å². The lowest BCUT2D eigenvalue weighted by atomic mass is 10.1. The van der Waals surface area contributed by atoms with Crippen LogP contribution >= 0.6 is 11.3 Å². The van der Waals surface area contributed by atoms with Crippen molar-refractivity contribution in [2.24, 2.45) is 5.73 Å². The summed E-state index contributed by atoms with van der Waals surface area (Å²) in [6.07, 6.45) is 3.57. The summed E-state index contributed by atoms with van der Waals surface area (Å²) < 4.78 is 0. The Morgan fingerprint density at radius 3 is 2.37 bits per heavy atom. The molecule has 0 atom stereocenters. The highest BCUT2D eigenvalue weighted by Gasteiger charge is 2.06. The number of thiazole rings is 1. The number of aromatic nitrogens is 2. The predicted molar refractivity (Wildman–Crippen MR) is 78.7 cm³/mol. The van der Waals surface area contributed by atoms with Gasteiger partial charge in [0, 0.05) is 35.4 Å². The summed E-state index contributed by atoms with van der Waals surface area (Å²) in [5, 5.41) is 3.09. The van der Waals surface area contributed by atoms with Crippen molar-refractivity contribution in [1.29, 1.82) is 0 Å². The Kier molecular flexibility index (Phi) is 3.35. The molecule has 2 heterocycles. The van der Waals surface area contributed by atoms with Crippen LogP contribution in [0.5, 0.6) is 0 Å². The molecule has 0 amide bonds. The van der Waals surface area contributed by atoms with Gasteiger partial charge in [-0.2, -0.15) is 0 Å². The molecule has 4 heteroatoms. The average Bonchev–Trinajstić information content (AvgIpc) is 2.98. The van der Waals surface area contributed by atoms with Crippen LogP contribution in [-0.2, 0) is 6.54 Å². The second kappa shape index (κ2) is 5.30. The van der Waals surface area contributed by atoms with Gasteiger partial charge in [0.05, 0.1) is 5.69 Å². The average molecular weight is 267 g/mol. The molecule has 19 heavy (non-hydrogen) atoms. The van der Waals surface area contributed by atoms with Gasteiger partial charge in [-0.1, -0.05) is 24.3 Å². The van der Waals surface area contributed by atoms with Gasteiger partial charge in [-0.3, -0.25) is 4.98 Å².